The molecule has 0 atom stereocenters. The third-order valence-corrected chi connectivity index (χ3v) is 5.15. The van der Waals surface area contributed by atoms with Crippen molar-refractivity contribution in [1.29, 1.82) is 0 Å². The maximum absolute atomic E-state index is 12.2. The van der Waals surface area contributed by atoms with Gasteiger partial charge in [0, 0.05) is 37.1 Å². The number of hydrogen-bond donors (Lipinski definition) is 0. The largest absolute Gasteiger partial charge is 0.444 e. The second kappa shape index (κ2) is 7.15. The second-order valence-corrected chi connectivity index (χ2v) is 8.23. The second-order valence-electron chi connectivity index (χ2n) is 7.38. The van der Waals surface area contributed by atoms with Crippen molar-refractivity contribution in [3.63, 3.8) is 0 Å². The topological polar surface area (TPSA) is 60.2 Å². The average Bonchev–Trinajstić information content (AvgIpc) is 3.22. The first-order valence-corrected chi connectivity index (χ1v) is 9.71. The molecule has 3 heterocycles. The van der Waals surface area contributed by atoms with Crippen LogP contribution in [0.15, 0.2) is 17.6 Å². The van der Waals surface area contributed by atoms with Crippen LogP contribution in [0.1, 0.15) is 52.1 Å². The average molecular weight is 362 g/mol. The summed E-state index contributed by atoms with van der Waals surface area (Å²) in [6.45, 7) is 10.1. The molecule has 0 radical (unpaired) electrons. The Bertz CT molecular complexity index is 724. The molecule has 1 aliphatic heterocycles. The van der Waals surface area contributed by atoms with Crippen LogP contribution in [0.4, 0.5) is 4.79 Å². The van der Waals surface area contributed by atoms with E-state index in [9.17, 15) is 4.79 Å². The fraction of sp³-hybridized carbons (Fsp3) is 0.611. The van der Waals surface area contributed by atoms with Gasteiger partial charge in [-0.05, 0) is 46.6 Å². The lowest BCUT2D eigenvalue weighted by Gasteiger charge is -2.32. The Morgan fingerprint density at radius 2 is 2.08 bits per heavy atom. The van der Waals surface area contributed by atoms with E-state index in [1.807, 2.05) is 37.7 Å². The van der Waals surface area contributed by atoms with Gasteiger partial charge >= 0.3 is 6.09 Å². The van der Waals surface area contributed by atoms with Crippen LogP contribution in [0.3, 0.4) is 0 Å². The molecule has 7 heteroatoms. The highest BCUT2D eigenvalue weighted by Crippen LogP contribution is 2.32. The minimum Gasteiger partial charge on any atom is -0.444 e. The summed E-state index contributed by atoms with van der Waals surface area (Å²) in [5, 5.41) is 7.62. The molecule has 0 bridgehead atoms. The van der Waals surface area contributed by atoms with Gasteiger partial charge in [-0.15, -0.1) is 11.3 Å². The van der Waals surface area contributed by atoms with E-state index in [4.69, 9.17) is 9.72 Å². The molecule has 1 aliphatic rings. The van der Waals surface area contributed by atoms with Crippen LogP contribution in [0, 0.1) is 0 Å². The van der Waals surface area contributed by atoms with Gasteiger partial charge in [0.1, 0.15) is 16.3 Å². The molecule has 0 N–H and O–H groups in total. The molecule has 1 fully saturated rings. The number of amides is 1. The standard InChI is InChI=1S/C18H26N4O2S/c1-5-22-11-8-14(20-22)16-19-15(12-25-16)13-6-9-21(10-7-13)17(23)24-18(2,3)4/h8,11-13H,5-7,9-10H2,1-4H3. The Morgan fingerprint density at radius 1 is 1.36 bits per heavy atom. The fourth-order valence-corrected chi connectivity index (χ4v) is 3.79. The van der Waals surface area contributed by atoms with Gasteiger partial charge < -0.3 is 9.64 Å². The summed E-state index contributed by atoms with van der Waals surface area (Å²) in [6.07, 6.45) is 3.61. The molecule has 6 nitrogen and oxygen atoms in total. The maximum atomic E-state index is 12.2. The van der Waals surface area contributed by atoms with Crippen molar-refractivity contribution in [3.05, 3.63) is 23.3 Å². The summed E-state index contributed by atoms with van der Waals surface area (Å²) in [5.74, 6) is 0.400. The quantitative estimate of drug-likeness (QED) is 0.823. The molecular formula is C18H26N4O2S. The van der Waals surface area contributed by atoms with Crippen molar-refractivity contribution in [2.75, 3.05) is 13.1 Å². The molecule has 2 aromatic rings. The van der Waals surface area contributed by atoms with Crippen molar-refractivity contribution in [1.82, 2.24) is 19.7 Å². The predicted molar refractivity (Wildman–Crippen MR) is 98.8 cm³/mol. The van der Waals surface area contributed by atoms with E-state index in [1.54, 1.807) is 16.2 Å². The summed E-state index contributed by atoms with van der Waals surface area (Å²) in [4.78, 5) is 18.7. The molecule has 2 aromatic heterocycles. The van der Waals surface area contributed by atoms with Crippen molar-refractivity contribution in [2.45, 2.75) is 58.6 Å². The normalized spacial score (nSPS) is 16.2. The molecule has 25 heavy (non-hydrogen) atoms. The maximum Gasteiger partial charge on any atom is 0.410 e. The zero-order valence-corrected chi connectivity index (χ0v) is 16.2. The molecule has 0 unspecified atom stereocenters. The molecule has 0 aromatic carbocycles. The lowest BCUT2D eigenvalue weighted by molar-refractivity contribution is 0.0204. The first-order chi connectivity index (χ1) is 11.9. The molecule has 136 valence electrons. The molecule has 0 spiro atoms. The van der Waals surface area contributed by atoms with E-state index in [0.29, 0.717) is 5.92 Å². The van der Waals surface area contributed by atoms with Crippen LogP contribution in [0.2, 0.25) is 0 Å². The van der Waals surface area contributed by atoms with Crippen LogP contribution in [0.25, 0.3) is 10.7 Å². The van der Waals surface area contributed by atoms with Gasteiger partial charge in [0.15, 0.2) is 0 Å². The Kier molecular flexibility index (Phi) is 5.13. The molecule has 3 rings (SSSR count). The third kappa shape index (κ3) is 4.39. The summed E-state index contributed by atoms with van der Waals surface area (Å²) < 4.78 is 7.37. The van der Waals surface area contributed by atoms with Gasteiger partial charge in [-0.25, -0.2) is 9.78 Å². The summed E-state index contributed by atoms with van der Waals surface area (Å²) in [7, 11) is 0. The predicted octanol–water partition coefficient (Wildman–Crippen LogP) is 4.14. The van der Waals surface area contributed by atoms with Crippen molar-refractivity contribution in [2.24, 2.45) is 0 Å². The number of carbonyl (C=O) groups is 1. The number of hydrogen-bond acceptors (Lipinski definition) is 5. The van der Waals surface area contributed by atoms with Gasteiger partial charge in [-0.3, -0.25) is 4.68 Å². The minimum atomic E-state index is -0.445. The number of piperidine rings is 1. The first kappa shape index (κ1) is 17.9. The minimum absolute atomic E-state index is 0.213. The molecule has 0 saturated carbocycles. The third-order valence-electron chi connectivity index (χ3n) is 4.27. The van der Waals surface area contributed by atoms with E-state index in [-0.39, 0.29) is 6.09 Å². The van der Waals surface area contributed by atoms with Gasteiger partial charge in [0.05, 0.1) is 5.69 Å². The Hall–Kier alpha value is -1.89. The first-order valence-electron chi connectivity index (χ1n) is 8.83. The highest BCUT2D eigenvalue weighted by Gasteiger charge is 2.28. The molecule has 0 aliphatic carbocycles. The van der Waals surface area contributed by atoms with E-state index in [0.717, 1.165) is 48.9 Å². The van der Waals surface area contributed by atoms with Gasteiger partial charge in [-0.2, -0.15) is 5.10 Å². The van der Waals surface area contributed by atoms with Gasteiger partial charge in [0.2, 0.25) is 0 Å². The van der Waals surface area contributed by atoms with E-state index in [1.165, 1.54) is 0 Å². The number of ether oxygens (including phenoxy) is 1. The molecule has 1 saturated heterocycles. The van der Waals surface area contributed by atoms with Crippen LogP contribution < -0.4 is 0 Å². The SMILES string of the molecule is CCn1ccc(-c2nc(C3CCN(C(=O)OC(C)(C)C)CC3)cs2)n1. The zero-order valence-electron chi connectivity index (χ0n) is 15.4. The number of aryl methyl sites for hydroxylation is 1. The van der Waals surface area contributed by atoms with Crippen molar-refractivity contribution < 1.29 is 9.53 Å². The van der Waals surface area contributed by atoms with Crippen LogP contribution in [-0.4, -0.2) is 44.4 Å². The van der Waals surface area contributed by atoms with Crippen LogP contribution in [0.5, 0.6) is 0 Å². The smallest absolute Gasteiger partial charge is 0.410 e. The van der Waals surface area contributed by atoms with Gasteiger partial charge in [-0.1, -0.05) is 0 Å². The Morgan fingerprint density at radius 3 is 2.68 bits per heavy atom. The van der Waals surface area contributed by atoms with E-state index in [2.05, 4.69) is 17.4 Å². The van der Waals surface area contributed by atoms with Crippen LogP contribution >= 0.6 is 11.3 Å². The number of thiazole rings is 1. The fourth-order valence-electron chi connectivity index (χ4n) is 2.93. The Labute approximate surface area is 152 Å². The zero-order chi connectivity index (χ0) is 18.0. The van der Waals surface area contributed by atoms with E-state index >= 15 is 0 Å². The van der Waals surface area contributed by atoms with Gasteiger partial charge in [0.25, 0.3) is 0 Å². The Balaban J connectivity index is 1.59. The monoisotopic (exact) mass is 362 g/mol. The lowest BCUT2D eigenvalue weighted by atomic mass is 9.94. The summed E-state index contributed by atoms with van der Waals surface area (Å²) >= 11 is 1.64. The molecule has 1 amide bonds. The number of nitrogens with zero attached hydrogens (tertiary/aromatic N) is 4. The highest BCUT2D eigenvalue weighted by atomic mass is 32.1. The lowest BCUT2D eigenvalue weighted by Crippen LogP contribution is -2.41. The van der Waals surface area contributed by atoms with E-state index < -0.39 is 5.60 Å². The highest BCUT2D eigenvalue weighted by molar-refractivity contribution is 7.13. The number of likely N-dealkylation sites (tertiary alicyclic amines) is 1. The van der Waals surface area contributed by atoms with Crippen molar-refractivity contribution in [3.8, 4) is 10.7 Å². The summed E-state index contributed by atoms with van der Waals surface area (Å²) in [6, 6.07) is 2.01. The summed E-state index contributed by atoms with van der Waals surface area (Å²) in [5.41, 5.74) is 1.61. The van der Waals surface area contributed by atoms with Crippen molar-refractivity contribution >= 4 is 17.4 Å². The number of rotatable bonds is 3. The molecular weight excluding hydrogens is 336 g/mol. The number of carbonyl (C=O) groups excluding carboxylic acids is 1. The number of aromatic nitrogens is 3. The van der Waals surface area contributed by atoms with Crippen LogP contribution in [-0.2, 0) is 11.3 Å².